The second-order valence-electron chi connectivity index (χ2n) is 5.68. The fourth-order valence-corrected chi connectivity index (χ4v) is 4.21. The standard InChI is InChI=1S/C12H18O2/c1-6-8(5-14-7(2)13)4-9-11-10(6)12(9,11)3/h6,8-11H,4-5H2,1-3H3/t6-,8-,9+,10-,11?,12?/m1/s1. The predicted molar refractivity (Wildman–Crippen MR) is 52.5 cm³/mol. The lowest BCUT2D eigenvalue weighted by molar-refractivity contribution is -0.143. The lowest BCUT2D eigenvalue weighted by Crippen LogP contribution is -2.33. The lowest BCUT2D eigenvalue weighted by atomic mass is 9.70. The van der Waals surface area contributed by atoms with Crippen LogP contribution in [0, 0.1) is 35.0 Å². The highest BCUT2D eigenvalue weighted by Crippen LogP contribution is 2.90. The molecule has 6 atom stereocenters. The van der Waals surface area contributed by atoms with Gasteiger partial charge in [0, 0.05) is 6.92 Å². The van der Waals surface area contributed by atoms with Gasteiger partial charge in [0.1, 0.15) is 0 Å². The molecule has 4 fully saturated rings. The highest BCUT2D eigenvalue weighted by molar-refractivity contribution is 5.65. The summed E-state index contributed by atoms with van der Waals surface area (Å²) in [6.07, 6.45) is 1.30. The van der Waals surface area contributed by atoms with Gasteiger partial charge < -0.3 is 4.74 Å². The van der Waals surface area contributed by atoms with E-state index >= 15 is 0 Å². The van der Waals surface area contributed by atoms with Crippen LogP contribution in [0.15, 0.2) is 0 Å². The van der Waals surface area contributed by atoms with Crippen LogP contribution >= 0.6 is 0 Å². The molecule has 0 amide bonds. The molecule has 0 aromatic rings. The van der Waals surface area contributed by atoms with Gasteiger partial charge in [0.05, 0.1) is 6.61 Å². The number of carbonyl (C=O) groups is 1. The minimum atomic E-state index is -0.130. The van der Waals surface area contributed by atoms with Gasteiger partial charge in [0.25, 0.3) is 0 Å². The molecule has 0 aliphatic heterocycles. The van der Waals surface area contributed by atoms with E-state index in [1.807, 2.05) is 0 Å². The Morgan fingerprint density at radius 2 is 2.14 bits per heavy atom. The molecule has 4 aliphatic rings. The number of esters is 1. The molecule has 0 spiro atoms. The summed E-state index contributed by atoms with van der Waals surface area (Å²) in [6, 6.07) is 0. The highest BCUT2D eigenvalue weighted by Gasteiger charge is 2.86. The molecular formula is C12H18O2. The molecule has 2 bridgehead atoms. The van der Waals surface area contributed by atoms with Crippen LogP contribution in [0.25, 0.3) is 0 Å². The number of rotatable bonds is 2. The first kappa shape index (κ1) is 8.75. The maximum absolute atomic E-state index is 10.7. The molecule has 0 N–H and O–H groups in total. The average Bonchev–Trinajstić information content (AvgIpc) is 2.90. The summed E-state index contributed by atoms with van der Waals surface area (Å²) in [7, 11) is 0. The minimum Gasteiger partial charge on any atom is -0.466 e. The molecule has 0 aromatic heterocycles. The molecule has 2 nitrogen and oxygen atoms in total. The van der Waals surface area contributed by atoms with Crippen molar-refractivity contribution in [3.63, 3.8) is 0 Å². The van der Waals surface area contributed by atoms with Crippen molar-refractivity contribution in [3.8, 4) is 0 Å². The zero-order valence-corrected chi connectivity index (χ0v) is 9.12. The molecule has 0 saturated heterocycles. The van der Waals surface area contributed by atoms with Crippen LogP contribution in [0.5, 0.6) is 0 Å². The van der Waals surface area contributed by atoms with E-state index in [9.17, 15) is 4.79 Å². The van der Waals surface area contributed by atoms with E-state index in [1.165, 1.54) is 13.3 Å². The van der Waals surface area contributed by atoms with E-state index in [-0.39, 0.29) is 5.97 Å². The van der Waals surface area contributed by atoms with Crippen molar-refractivity contribution in [1.82, 2.24) is 0 Å². The Morgan fingerprint density at radius 1 is 1.50 bits per heavy atom. The fourth-order valence-electron chi connectivity index (χ4n) is 4.21. The Kier molecular flexibility index (Phi) is 1.46. The smallest absolute Gasteiger partial charge is 0.302 e. The van der Waals surface area contributed by atoms with Gasteiger partial charge >= 0.3 is 5.97 Å². The van der Waals surface area contributed by atoms with Crippen LogP contribution in [-0.2, 0) is 9.53 Å². The van der Waals surface area contributed by atoms with Crippen LogP contribution in [-0.4, -0.2) is 12.6 Å². The third-order valence-corrected chi connectivity index (χ3v) is 5.20. The van der Waals surface area contributed by atoms with Gasteiger partial charge in [-0.25, -0.2) is 0 Å². The van der Waals surface area contributed by atoms with E-state index in [0.717, 1.165) is 29.1 Å². The molecule has 78 valence electrons. The van der Waals surface area contributed by atoms with E-state index in [1.54, 1.807) is 0 Å². The monoisotopic (exact) mass is 194 g/mol. The van der Waals surface area contributed by atoms with Crippen molar-refractivity contribution in [1.29, 1.82) is 0 Å². The summed E-state index contributed by atoms with van der Waals surface area (Å²) >= 11 is 0. The van der Waals surface area contributed by atoms with Crippen molar-refractivity contribution in [2.45, 2.75) is 27.2 Å². The summed E-state index contributed by atoms with van der Waals surface area (Å²) in [5.41, 5.74) is 0.728. The second-order valence-corrected chi connectivity index (χ2v) is 5.68. The van der Waals surface area contributed by atoms with Gasteiger partial charge in [-0.3, -0.25) is 4.79 Å². The summed E-state index contributed by atoms with van der Waals surface area (Å²) in [5, 5.41) is 0. The van der Waals surface area contributed by atoms with Crippen LogP contribution in [0.3, 0.4) is 0 Å². The normalized spacial score (nSPS) is 57.5. The molecule has 0 aromatic carbocycles. The quantitative estimate of drug-likeness (QED) is 0.629. The third kappa shape index (κ3) is 0.850. The van der Waals surface area contributed by atoms with Crippen molar-refractivity contribution < 1.29 is 9.53 Å². The summed E-state index contributed by atoms with van der Waals surface area (Å²) < 4.78 is 5.12. The fraction of sp³-hybridized carbons (Fsp3) is 0.917. The van der Waals surface area contributed by atoms with Crippen molar-refractivity contribution in [2.24, 2.45) is 35.0 Å². The van der Waals surface area contributed by atoms with Crippen LogP contribution in [0.1, 0.15) is 27.2 Å². The first-order valence-electron chi connectivity index (χ1n) is 5.70. The Morgan fingerprint density at radius 3 is 2.64 bits per heavy atom. The predicted octanol–water partition coefficient (Wildman–Crippen LogP) is 2.09. The lowest BCUT2D eigenvalue weighted by Gasteiger charge is -2.36. The molecule has 4 aliphatic carbocycles. The molecule has 4 saturated carbocycles. The Hall–Kier alpha value is -0.530. The number of hydrogen-bond acceptors (Lipinski definition) is 2. The summed E-state index contributed by atoms with van der Waals surface area (Å²) in [5.74, 6) is 4.27. The average molecular weight is 194 g/mol. The Balaban J connectivity index is 1.60. The van der Waals surface area contributed by atoms with Gasteiger partial charge in [-0.05, 0) is 41.4 Å². The Labute approximate surface area is 85.0 Å². The first-order chi connectivity index (χ1) is 6.56. The zero-order valence-electron chi connectivity index (χ0n) is 9.12. The minimum absolute atomic E-state index is 0.130. The van der Waals surface area contributed by atoms with E-state index < -0.39 is 0 Å². The second kappa shape index (κ2) is 2.34. The number of hydrogen-bond donors (Lipinski definition) is 0. The first-order valence-corrected chi connectivity index (χ1v) is 5.70. The largest absolute Gasteiger partial charge is 0.466 e. The topological polar surface area (TPSA) is 26.3 Å². The molecule has 0 heterocycles. The molecular weight excluding hydrogens is 176 g/mol. The molecule has 4 rings (SSSR count). The van der Waals surface area contributed by atoms with Crippen LogP contribution in [0.4, 0.5) is 0 Å². The van der Waals surface area contributed by atoms with Crippen LogP contribution in [0.2, 0.25) is 0 Å². The van der Waals surface area contributed by atoms with Gasteiger partial charge in [0.2, 0.25) is 0 Å². The summed E-state index contributed by atoms with van der Waals surface area (Å²) in [4.78, 5) is 10.7. The van der Waals surface area contributed by atoms with Gasteiger partial charge in [-0.15, -0.1) is 0 Å². The van der Waals surface area contributed by atoms with Gasteiger partial charge in [-0.1, -0.05) is 13.8 Å². The molecule has 14 heavy (non-hydrogen) atoms. The van der Waals surface area contributed by atoms with E-state index in [0.29, 0.717) is 12.5 Å². The molecule has 0 radical (unpaired) electrons. The number of fused-ring (bicyclic) bond motifs is 2. The molecule has 2 heteroatoms. The van der Waals surface area contributed by atoms with E-state index in [2.05, 4.69) is 13.8 Å². The maximum Gasteiger partial charge on any atom is 0.302 e. The van der Waals surface area contributed by atoms with Crippen molar-refractivity contribution >= 4 is 5.97 Å². The summed E-state index contributed by atoms with van der Waals surface area (Å²) in [6.45, 7) is 6.94. The van der Waals surface area contributed by atoms with E-state index in [4.69, 9.17) is 4.74 Å². The Bertz CT molecular complexity index is 299. The van der Waals surface area contributed by atoms with Crippen LogP contribution < -0.4 is 0 Å². The van der Waals surface area contributed by atoms with Crippen molar-refractivity contribution in [3.05, 3.63) is 0 Å². The maximum atomic E-state index is 10.7. The van der Waals surface area contributed by atoms with Gasteiger partial charge in [0.15, 0.2) is 0 Å². The van der Waals surface area contributed by atoms with Crippen molar-refractivity contribution in [2.75, 3.05) is 6.61 Å². The number of ether oxygens (including phenoxy) is 1. The SMILES string of the molecule is CC(=O)OC[C@H]1C[C@H]2C3[C@@H]([C@@H]1C)C32C. The third-order valence-electron chi connectivity index (χ3n) is 5.20. The zero-order chi connectivity index (χ0) is 10.1. The highest BCUT2D eigenvalue weighted by atomic mass is 16.5. The molecule has 2 unspecified atom stereocenters. The number of carbonyl (C=O) groups excluding carboxylic acids is 1. The van der Waals surface area contributed by atoms with Gasteiger partial charge in [-0.2, -0.15) is 0 Å².